The number of ether oxygens (including phenoxy) is 1. The number of aromatic nitrogens is 1. The van der Waals surface area contributed by atoms with Crippen LogP contribution in [0.4, 0.5) is 0 Å². The van der Waals surface area contributed by atoms with E-state index >= 15 is 0 Å². The molecule has 0 aliphatic carbocycles. The van der Waals surface area contributed by atoms with Gasteiger partial charge in [0.25, 0.3) is 5.91 Å². The van der Waals surface area contributed by atoms with Crippen molar-refractivity contribution in [1.82, 2.24) is 9.88 Å². The Bertz CT molecular complexity index is 1420. The van der Waals surface area contributed by atoms with Crippen LogP contribution in [-0.4, -0.2) is 46.3 Å². The maximum Gasteiger partial charge on any atom is 0.331 e. The molecule has 2 aromatic carbocycles. The Morgan fingerprint density at radius 1 is 0.972 bits per heavy atom. The molecule has 3 aromatic rings. The lowest BCUT2D eigenvalue weighted by Crippen LogP contribution is -2.59. The van der Waals surface area contributed by atoms with Gasteiger partial charge in [0, 0.05) is 6.20 Å². The number of benzene rings is 2. The minimum absolute atomic E-state index is 0.139. The van der Waals surface area contributed by atoms with Crippen LogP contribution in [0.1, 0.15) is 36.8 Å². The summed E-state index contributed by atoms with van der Waals surface area (Å²) in [6.07, 6.45) is 0.827. The number of β-lactam (4-membered cyclic amide) rings is 1. The molecule has 184 valence electrons. The summed E-state index contributed by atoms with van der Waals surface area (Å²) in [5.74, 6) is -1.26. The van der Waals surface area contributed by atoms with Crippen LogP contribution < -0.4 is 0 Å². The van der Waals surface area contributed by atoms with Crippen molar-refractivity contribution >= 4 is 47.9 Å². The molecule has 0 unspecified atom stereocenters. The van der Waals surface area contributed by atoms with Crippen LogP contribution in [0.5, 0.6) is 0 Å². The van der Waals surface area contributed by atoms with E-state index in [9.17, 15) is 18.0 Å². The smallest absolute Gasteiger partial charge is 0.331 e. The van der Waals surface area contributed by atoms with Gasteiger partial charge in [-0.15, -0.1) is 0 Å². The lowest BCUT2D eigenvalue weighted by Gasteiger charge is -2.39. The van der Waals surface area contributed by atoms with Gasteiger partial charge in [0.1, 0.15) is 4.75 Å². The first kappa shape index (κ1) is 24.6. The maximum absolute atomic E-state index is 13.7. The molecule has 2 aliphatic rings. The van der Waals surface area contributed by atoms with Crippen LogP contribution in [0.25, 0.3) is 3.58 Å². The number of sulfone groups is 1. The van der Waals surface area contributed by atoms with Crippen molar-refractivity contribution in [2.75, 3.05) is 0 Å². The molecular formula is C27H23IN2O5S. The highest BCUT2D eigenvalue weighted by Crippen LogP contribution is 2.51. The average molecular weight is 614 g/mol. The Hall–Kier alpha value is -3.05. The van der Waals surface area contributed by atoms with Gasteiger partial charge in [-0.3, -0.25) is 9.78 Å². The second kappa shape index (κ2) is 9.11. The van der Waals surface area contributed by atoms with Gasteiger partial charge in [-0.05, 0) is 59.7 Å². The van der Waals surface area contributed by atoms with Crippen LogP contribution in [0.3, 0.4) is 0 Å². The lowest BCUT2D eigenvalue weighted by molar-refractivity contribution is -0.160. The normalized spacial score (nSPS) is 23.1. The maximum atomic E-state index is 13.7. The molecule has 5 rings (SSSR count). The van der Waals surface area contributed by atoms with E-state index in [1.165, 1.54) is 13.8 Å². The molecule has 7 nitrogen and oxygen atoms in total. The highest BCUT2D eigenvalue weighted by molar-refractivity contribution is 14.1. The van der Waals surface area contributed by atoms with E-state index in [2.05, 4.69) is 4.98 Å². The van der Waals surface area contributed by atoms with Crippen LogP contribution in [0.2, 0.25) is 0 Å². The van der Waals surface area contributed by atoms with E-state index in [0.717, 1.165) is 16.0 Å². The summed E-state index contributed by atoms with van der Waals surface area (Å²) < 4.78 is 32.2. The monoisotopic (exact) mass is 614 g/mol. The Morgan fingerprint density at radius 2 is 1.53 bits per heavy atom. The Balaban J connectivity index is 1.53. The number of carbonyl (C=O) groups excluding carboxylic acids is 2. The first-order valence-electron chi connectivity index (χ1n) is 11.3. The van der Waals surface area contributed by atoms with Crippen LogP contribution in [0, 0.1) is 0 Å². The number of amides is 1. The second-order valence-electron chi connectivity index (χ2n) is 9.20. The van der Waals surface area contributed by atoms with E-state index in [1.807, 2.05) is 83.3 Å². The molecule has 1 aromatic heterocycles. The fourth-order valence-corrected chi connectivity index (χ4v) is 7.95. The van der Waals surface area contributed by atoms with Crippen molar-refractivity contribution in [1.29, 1.82) is 0 Å². The molecule has 0 bridgehead atoms. The van der Waals surface area contributed by atoms with Crippen molar-refractivity contribution in [3.05, 3.63) is 107 Å². The SMILES string of the molecule is CC1(C)[C@H](C(=O)OC(c2ccccc2)c2ccccc2)N2C(=O)C(=C(I)c3ccccn3)[C@H]2S1(=O)=O. The molecule has 3 heterocycles. The van der Waals surface area contributed by atoms with Gasteiger partial charge >= 0.3 is 5.97 Å². The Morgan fingerprint density at radius 3 is 2.06 bits per heavy atom. The van der Waals surface area contributed by atoms with Gasteiger partial charge in [-0.25, -0.2) is 13.2 Å². The molecule has 2 atom stereocenters. The third-order valence-electron chi connectivity index (χ3n) is 6.72. The van der Waals surface area contributed by atoms with Crippen LogP contribution in [-0.2, 0) is 24.2 Å². The van der Waals surface area contributed by atoms with Crippen molar-refractivity contribution in [3.63, 3.8) is 0 Å². The molecule has 0 radical (unpaired) electrons. The summed E-state index contributed by atoms with van der Waals surface area (Å²) in [6.45, 7) is 2.95. The predicted molar refractivity (Wildman–Crippen MR) is 143 cm³/mol. The molecular weight excluding hydrogens is 591 g/mol. The number of pyridine rings is 1. The number of nitrogens with zero attached hydrogens (tertiary/aromatic N) is 2. The summed E-state index contributed by atoms with van der Waals surface area (Å²) in [4.78, 5) is 32.4. The van der Waals surface area contributed by atoms with Gasteiger partial charge in [0.05, 0.1) is 14.8 Å². The fourth-order valence-electron chi connectivity index (χ4n) is 4.75. The number of esters is 1. The number of hydrogen-bond donors (Lipinski definition) is 0. The molecule has 1 amide bonds. The first-order chi connectivity index (χ1) is 17.2. The van der Waals surface area contributed by atoms with E-state index in [4.69, 9.17) is 4.74 Å². The van der Waals surface area contributed by atoms with Crippen molar-refractivity contribution < 1.29 is 22.7 Å². The largest absolute Gasteiger partial charge is 0.451 e. The number of halogens is 1. The van der Waals surface area contributed by atoms with E-state index in [0.29, 0.717) is 9.27 Å². The number of carbonyl (C=O) groups is 2. The molecule has 2 fully saturated rings. The van der Waals surface area contributed by atoms with Gasteiger partial charge in [-0.2, -0.15) is 0 Å². The molecule has 0 spiro atoms. The first-order valence-corrected chi connectivity index (χ1v) is 14.0. The quantitative estimate of drug-likeness (QED) is 0.184. The third-order valence-corrected chi connectivity index (χ3v) is 10.6. The zero-order chi connectivity index (χ0) is 25.7. The summed E-state index contributed by atoms with van der Waals surface area (Å²) in [5.41, 5.74) is 2.13. The number of rotatable bonds is 5. The van der Waals surface area contributed by atoms with Gasteiger partial charge < -0.3 is 9.64 Å². The predicted octanol–water partition coefficient (Wildman–Crippen LogP) is 4.30. The van der Waals surface area contributed by atoms with Crippen LogP contribution in [0.15, 0.2) is 90.6 Å². The summed E-state index contributed by atoms with van der Waals surface area (Å²) in [7, 11) is -3.95. The zero-order valence-electron chi connectivity index (χ0n) is 19.5. The second-order valence-corrected chi connectivity index (χ2v) is 12.9. The Labute approximate surface area is 223 Å². The summed E-state index contributed by atoms with van der Waals surface area (Å²) >= 11 is 1.95. The van der Waals surface area contributed by atoms with E-state index in [1.54, 1.807) is 24.4 Å². The van der Waals surface area contributed by atoms with Gasteiger partial charge in [-0.1, -0.05) is 66.7 Å². The third kappa shape index (κ3) is 3.76. The molecule has 36 heavy (non-hydrogen) atoms. The molecule has 0 N–H and O–H groups in total. The molecule has 2 saturated heterocycles. The molecule has 9 heteroatoms. The zero-order valence-corrected chi connectivity index (χ0v) is 22.5. The number of fused-ring (bicyclic) bond motifs is 1. The standard InChI is InChI=1S/C27H23IN2O5S/c1-27(2)23(26(32)35-22(17-11-5-3-6-12-17)18-13-7-4-8-14-18)30-24(31)20(25(30)36(27,33)34)21(28)19-15-9-10-16-29-19/h3-16,22-23,25H,1-2H3/t23-,25+/m0/s1. The summed E-state index contributed by atoms with van der Waals surface area (Å²) in [6, 6.07) is 22.4. The topological polar surface area (TPSA) is 93.6 Å². The highest BCUT2D eigenvalue weighted by Gasteiger charge is 2.71. The molecule has 0 saturated carbocycles. The number of hydrogen-bond acceptors (Lipinski definition) is 6. The highest BCUT2D eigenvalue weighted by atomic mass is 127. The van der Waals surface area contributed by atoms with E-state index < -0.39 is 44.0 Å². The van der Waals surface area contributed by atoms with Crippen molar-refractivity contribution in [2.24, 2.45) is 0 Å². The summed E-state index contributed by atoms with van der Waals surface area (Å²) in [5, 5.41) is -1.22. The minimum Gasteiger partial charge on any atom is -0.451 e. The van der Waals surface area contributed by atoms with Crippen molar-refractivity contribution in [3.8, 4) is 0 Å². The fraction of sp³-hybridized carbons (Fsp3) is 0.222. The van der Waals surface area contributed by atoms with Crippen molar-refractivity contribution in [2.45, 2.75) is 36.1 Å². The van der Waals surface area contributed by atoms with E-state index in [-0.39, 0.29) is 5.57 Å². The minimum atomic E-state index is -3.95. The average Bonchev–Trinajstić information content (AvgIpc) is 3.03. The van der Waals surface area contributed by atoms with Crippen LogP contribution >= 0.6 is 22.6 Å². The Kier molecular flexibility index (Phi) is 6.24. The molecule has 2 aliphatic heterocycles. The lowest BCUT2D eigenvalue weighted by atomic mass is 9.94. The van der Waals surface area contributed by atoms with Gasteiger partial charge in [0.2, 0.25) is 0 Å². The van der Waals surface area contributed by atoms with Gasteiger partial charge in [0.15, 0.2) is 27.4 Å².